The lowest BCUT2D eigenvalue weighted by Crippen LogP contribution is -2.38. The maximum atomic E-state index is 13.2. The number of tetrazole rings is 1. The number of nitrogens with zero attached hydrogens (tertiary/aromatic N) is 6. The van der Waals surface area contributed by atoms with Crippen molar-refractivity contribution in [2.45, 2.75) is 30.6 Å². The van der Waals surface area contributed by atoms with Crippen LogP contribution in [0.1, 0.15) is 18.4 Å². The van der Waals surface area contributed by atoms with E-state index in [2.05, 4.69) is 44.7 Å². The van der Waals surface area contributed by atoms with Crippen LogP contribution in [0.15, 0.2) is 53.7 Å². The third-order valence-electron chi connectivity index (χ3n) is 5.45. The van der Waals surface area contributed by atoms with Crippen molar-refractivity contribution in [3.05, 3.63) is 59.1 Å². The Balaban J connectivity index is 1.45. The highest BCUT2D eigenvalue weighted by Crippen LogP contribution is 2.22. The van der Waals surface area contributed by atoms with E-state index in [1.165, 1.54) is 11.8 Å². The van der Waals surface area contributed by atoms with E-state index in [0.717, 1.165) is 36.4 Å². The molecule has 33 heavy (non-hydrogen) atoms. The summed E-state index contributed by atoms with van der Waals surface area (Å²) < 4.78 is 7.40. The number of hydrogen-bond acceptors (Lipinski definition) is 7. The zero-order valence-corrected chi connectivity index (χ0v) is 20.3. The van der Waals surface area contributed by atoms with Gasteiger partial charge in [0.25, 0.3) is 0 Å². The van der Waals surface area contributed by atoms with Gasteiger partial charge < -0.3 is 14.5 Å². The zero-order chi connectivity index (χ0) is 23.2. The summed E-state index contributed by atoms with van der Waals surface area (Å²) in [5.74, 6) is 0.247. The molecule has 4 rings (SSSR count). The molecule has 1 aliphatic heterocycles. The number of rotatable bonds is 9. The molecular weight excluding hydrogens is 460 g/mol. The number of thioether (sulfide) groups is 1. The molecule has 0 N–H and O–H groups in total. The fraction of sp³-hybridized carbons (Fsp3) is 0.391. The third kappa shape index (κ3) is 6.25. The van der Waals surface area contributed by atoms with Gasteiger partial charge in [-0.3, -0.25) is 4.79 Å². The number of anilines is 1. The van der Waals surface area contributed by atoms with Gasteiger partial charge in [-0.25, -0.2) is 0 Å². The maximum absolute atomic E-state index is 13.2. The fourth-order valence-corrected chi connectivity index (χ4v) is 4.64. The number of ether oxygens (including phenoxy) is 1. The first kappa shape index (κ1) is 23.5. The minimum Gasteiger partial charge on any atom is -0.378 e. The van der Waals surface area contributed by atoms with Crippen molar-refractivity contribution in [3.63, 3.8) is 0 Å². The number of hydrogen-bond donors (Lipinski definition) is 0. The highest BCUT2D eigenvalue weighted by molar-refractivity contribution is 7.99. The van der Waals surface area contributed by atoms with Gasteiger partial charge in [0.2, 0.25) is 11.1 Å². The molecule has 1 saturated heterocycles. The molecule has 0 saturated carbocycles. The predicted molar refractivity (Wildman–Crippen MR) is 130 cm³/mol. The quantitative estimate of drug-likeness (QED) is 0.427. The molecule has 2 heterocycles. The van der Waals surface area contributed by atoms with Gasteiger partial charge in [-0.1, -0.05) is 41.6 Å². The van der Waals surface area contributed by atoms with Crippen molar-refractivity contribution in [1.29, 1.82) is 0 Å². The largest absolute Gasteiger partial charge is 0.378 e. The average Bonchev–Trinajstić information content (AvgIpc) is 3.49. The standard InChI is InChI=1S/C23H27ClN6O2S/c1-28(2)19-10-8-17(9-11-19)14-29(15-21-7-4-12-32-21)22(31)16-33-23-25-26-27-30(23)20-6-3-5-18(24)13-20/h3,5-6,8-11,13,21H,4,7,12,14-16H2,1-2H3/t21-/m0/s1. The smallest absolute Gasteiger partial charge is 0.233 e. The van der Waals surface area contributed by atoms with Gasteiger partial charge in [0, 0.05) is 44.5 Å². The Labute approximate surface area is 202 Å². The molecule has 3 aromatic rings. The molecule has 1 aliphatic rings. The van der Waals surface area contributed by atoms with Crippen LogP contribution in [0.3, 0.4) is 0 Å². The summed E-state index contributed by atoms with van der Waals surface area (Å²) in [4.78, 5) is 17.2. The molecular formula is C23H27ClN6O2S. The second-order valence-electron chi connectivity index (χ2n) is 8.11. The van der Waals surface area contributed by atoms with Crippen molar-refractivity contribution < 1.29 is 9.53 Å². The summed E-state index contributed by atoms with van der Waals surface area (Å²) in [7, 11) is 4.02. The molecule has 0 spiro atoms. The second-order valence-corrected chi connectivity index (χ2v) is 9.49. The first-order valence-corrected chi connectivity index (χ1v) is 12.2. The predicted octanol–water partition coefficient (Wildman–Crippen LogP) is 3.68. The van der Waals surface area contributed by atoms with Crippen LogP contribution in [0.4, 0.5) is 5.69 Å². The molecule has 10 heteroatoms. The summed E-state index contributed by atoms with van der Waals surface area (Å²) in [5, 5.41) is 13.0. The van der Waals surface area contributed by atoms with Crippen LogP contribution in [-0.2, 0) is 16.1 Å². The van der Waals surface area contributed by atoms with E-state index in [0.29, 0.717) is 23.3 Å². The minimum absolute atomic E-state index is 0.0211. The van der Waals surface area contributed by atoms with Crippen molar-refractivity contribution >= 4 is 35.0 Å². The van der Waals surface area contributed by atoms with Crippen LogP contribution >= 0.6 is 23.4 Å². The molecule has 1 aromatic heterocycles. The SMILES string of the molecule is CN(C)c1ccc(CN(C[C@@H]2CCCO2)C(=O)CSc2nnnn2-c2cccc(Cl)c2)cc1. The Hall–Kier alpha value is -2.62. The number of carbonyl (C=O) groups is 1. The van der Waals surface area contributed by atoms with E-state index in [4.69, 9.17) is 16.3 Å². The first-order valence-electron chi connectivity index (χ1n) is 10.8. The van der Waals surface area contributed by atoms with Crippen LogP contribution in [0.5, 0.6) is 0 Å². The maximum Gasteiger partial charge on any atom is 0.233 e. The Morgan fingerprint density at radius 3 is 2.76 bits per heavy atom. The normalized spacial score (nSPS) is 15.5. The summed E-state index contributed by atoms with van der Waals surface area (Å²) in [6, 6.07) is 15.6. The summed E-state index contributed by atoms with van der Waals surface area (Å²) in [6.07, 6.45) is 2.09. The van der Waals surface area contributed by atoms with Gasteiger partial charge in [0.15, 0.2) is 0 Å². The topological polar surface area (TPSA) is 76.4 Å². The van der Waals surface area contributed by atoms with Crippen LogP contribution in [0, 0.1) is 0 Å². The number of benzene rings is 2. The van der Waals surface area contributed by atoms with Crippen molar-refractivity contribution in [3.8, 4) is 5.69 Å². The summed E-state index contributed by atoms with van der Waals surface area (Å²) >= 11 is 7.41. The molecule has 1 fully saturated rings. The third-order valence-corrected chi connectivity index (χ3v) is 6.58. The van der Waals surface area contributed by atoms with Crippen LogP contribution in [-0.4, -0.2) is 70.1 Å². The monoisotopic (exact) mass is 486 g/mol. The van der Waals surface area contributed by atoms with Gasteiger partial charge >= 0.3 is 0 Å². The molecule has 1 amide bonds. The van der Waals surface area contributed by atoms with E-state index >= 15 is 0 Å². The molecule has 0 unspecified atom stereocenters. The molecule has 1 atom stereocenters. The first-order chi connectivity index (χ1) is 16.0. The average molecular weight is 487 g/mol. The number of halogens is 1. The lowest BCUT2D eigenvalue weighted by molar-refractivity contribution is -0.130. The van der Waals surface area contributed by atoms with E-state index < -0.39 is 0 Å². The Morgan fingerprint density at radius 1 is 1.24 bits per heavy atom. The van der Waals surface area contributed by atoms with Gasteiger partial charge in [0.05, 0.1) is 17.5 Å². The van der Waals surface area contributed by atoms with Gasteiger partial charge in [-0.2, -0.15) is 4.68 Å². The molecule has 174 valence electrons. The molecule has 0 aliphatic carbocycles. The highest BCUT2D eigenvalue weighted by Gasteiger charge is 2.24. The van der Waals surface area contributed by atoms with E-state index in [9.17, 15) is 4.79 Å². The lowest BCUT2D eigenvalue weighted by Gasteiger charge is -2.26. The van der Waals surface area contributed by atoms with Crippen LogP contribution in [0.25, 0.3) is 5.69 Å². The summed E-state index contributed by atoms with van der Waals surface area (Å²) in [6.45, 7) is 1.87. The molecule has 0 bridgehead atoms. The number of carbonyl (C=O) groups excluding carboxylic acids is 1. The Morgan fingerprint density at radius 2 is 2.06 bits per heavy atom. The lowest BCUT2D eigenvalue weighted by atomic mass is 10.1. The van der Waals surface area contributed by atoms with Crippen LogP contribution < -0.4 is 4.90 Å². The fourth-order valence-electron chi connectivity index (χ4n) is 3.66. The number of aromatic nitrogens is 4. The molecule has 2 aromatic carbocycles. The van der Waals surface area contributed by atoms with Gasteiger partial charge in [0.1, 0.15) is 0 Å². The Kier molecular flexibility index (Phi) is 7.85. The van der Waals surface area contributed by atoms with Gasteiger partial charge in [-0.15, -0.1) is 5.10 Å². The van der Waals surface area contributed by atoms with E-state index in [1.54, 1.807) is 16.8 Å². The molecule has 0 radical (unpaired) electrons. The second kappa shape index (κ2) is 11.0. The van der Waals surface area contributed by atoms with Gasteiger partial charge in [-0.05, 0) is 59.2 Å². The highest BCUT2D eigenvalue weighted by atomic mass is 35.5. The van der Waals surface area contributed by atoms with Crippen molar-refractivity contribution in [2.75, 3.05) is 37.9 Å². The van der Waals surface area contributed by atoms with Crippen LogP contribution in [0.2, 0.25) is 5.02 Å². The molecule has 8 nitrogen and oxygen atoms in total. The van der Waals surface area contributed by atoms with Crippen molar-refractivity contribution in [2.24, 2.45) is 0 Å². The zero-order valence-electron chi connectivity index (χ0n) is 18.7. The Bertz CT molecular complexity index is 1070. The van der Waals surface area contributed by atoms with E-state index in [-0.39, 0.29) is 17.8 Å². The number of amides is 1. The van der Waals surface area contributed by atoms with Crippen molar-refractivity contribution in [1.82, 2.24) is 25.1 Å². The van der Waals surface area contributed by atoms with E-state index in [1.807, 2.05) is 31.1 Å². The summed E-state index contributed by atoms with van der Waals surface area (Å²) in [5.41, 5.74) is 2.96. The minimum atomic E-state index is 0.0211.